The second kappa shape index (κ2) is 12.5. The zero-order valence-corrected chi connectivity index (χ0v) is 9.33. The minimum Gasteiger partial charge on any atom is -0.356 e. The van der Waals surface area contributed by atoms with Crippen LogP contribution in [0.3, 0.4) is 0 Å². The predicted octanol–water partition coefficient (Wildman–Crippen LogP) is -1.25. The van der Waals surface area contributed by atoms with Crippen molar-refractivity contribution in [1.29, 1.82) is 0 Å². The summed E-state index contributed by atoms with van der Waals surface area (Å²) in [4.78, 5) is 29.8. The molecule has 0 saturated carbocycles. The van der Waals surface area contributed by atoms with Crippen LogP contribution in [0.1, 0.15) is 0 Å². The Bertz CT molecular complexity index is 271. The first-order chi connectivity index (χ1) is 5.73. The van der Waals surface area contributed by atoms with E-state index in [9.17, 15) is 0 Å². The van der Waals surface area contributed by atoms with E-state index in [1.807, 2.05) is 0 Å². The van der Waals surface area contributed by atoms with Gasteiger partial charge in [0.15, 0.2) is 0 Å². The Hall–Kier alpha value is -0.600. The van der Waals surface area contributed by atoms with Crippen molar-refractivity contribution < 1.29 is 46.6 Å². The molecule has 0 aliphatic heterocycles. The van der Waals surface area contributed by atoms with Crippen molar-refractivity contribution in [2.75, 3.05) is 0 Å². The summed E-state index contributed by atoms with van der Waals surface area (Å²) < 4.78 is 40.5. The fraction of sp³-hybridized carbons (Fsp3) is 0. The molecule has 0 aliphatic rings. The minimum absolute atomic E-state index is 0. The molecule has 0 radical (unpaired) electrons. The molecule has 0 unspecified atom stereocenters. The molecule has 0 amide bonds. The molecule has 0 rings (SSSR count). The molecule has 0 aromatic heterocycles. The van der Waals surface area contributed by atoms with Gasteiger partial charge in [0, 0.05) is 0 Å². The van der Waals surface area contributed by atoms with Crippen LogP contribution in [0.25, 0.3) is 0 Å². The number of phosphoric acid groups is 1. The lowest BCUT2D eigenvalue weighted by molar-refractivity contribution is -0.402. The third kappa shape index (κ3) is 5720. The van der Waals surface area contributed by atoms with Gasteiger partial charge >= 0.3 is 18.2 Å². The summed E-state index contributed by atoms with van der Waals surface area (Å²) >= 11 is 0. The number of hydrogen-bond donors (Lipinski definition) is 5. The highest BCUT2D eigenvalue weighted by molar-refractivity contribution is 7.79. The molecule has 0 fully saturated rings. The van der Waals surface area contributed by atoms with Gasteiger partial charge in [0.05, 0.1) is 5.09 Å². The summed E-state index contributed by atoms with van der Waals surface area (Å²) in [5.74, 6) is 0. The van der Waals surface area contributed by atoms with Gasteiger partial charge < -0.3 is 30.0 Å². The van der Waals surface area contributed by atoms with Gasteiger partial charge in [0.2, 0.25) is 0 Å². The zero-order chi connectivity index (χ0) is 12.6. The highest BCUT2D eigenvalue weighted by atomic mass is 35.5. The van der Waals surface area contributed by atoms with E-state index in [-0.39, 0.29) is 17.1 Å². The molecular weight excluding hydrogens is 307 g/mol. The van der Waals surface area contributed by atoms with Gasteiger partial charge in [-0.2, -0.15) is 8.42 Å². The standard InChI is InChI=1S/ClH.FH.NO3.H3O4P.H2O4S/c;;2-1(3)4;2*1-5(2,3)4/h2*1H;;(H3,1,2,3,4);(H2,1,2,3,4)/q;;-1;;. The van der Waals surface area contributed by atoms with Crippen molar-refractivity contribution >= 4 is 30.6 Å². The largest absolute Gasteiger partial charge is 0.466 e. The lowest BCUT2D eigenvalue weighted by Gasteiger charge is -1.82. The monoisotopic (exact) mass is 314 g/mol. The first-order valence-electron chi connectivity index (χ1n) is 2.03. The summed E-state index contributed by atoms with van der Waals surface area (Å²) in [7, 11) is -9.31. The molecule has 0 bridgehead atoms. The highest BCUT2D eigenvalue weighted by Crippen LogP contribution is 2.25. The molecule has 16 heavy (non-hydrogen) atoms. The van der Waals surface area contributed by atoms with Crippen LogP contribution in [0.15, 0.2) is 0 Å². The Morgan fingerprint density at radius 1 is 1.06 bits per heavy atom. The van der Waals surface area contributed by atoms with Gasteiger partial charge in [-0.05, 0) is 0 Å². The topological polar surface area (TPSA) is 219 Å². The molecule has 104 valence electrons. The average molecular weight is 315 g/mol. The van der Waals surface area contributed by atoms with E-state index in [1.54, 1.807) is 0 Å². The van der Waals surface area contributed by atoms with E-state index in [4.69, 9.17) is 52.1 Å². The first kappa shape index (κ1) is 29.5. The van der Waals surface area contributed by atoms with E-state index in [0.29, 0.717) is 0 Å². The fourth-order valence-electron chi connectivity index (χ4n) is 0. The third-order valence-electron chi connectivity index (χ3n) is 0. The summed E-state index contributed by atoms with van der Waals surface area (Å²) in [6.45, 7) is 0. The first-order valence-corrected chi connectivity index (χ1v) is 4.99. The van der Waals surface area contributed by atoms with Gasteiger partial charge in [-0.1, -0.05) is 0 Å². The maximum absolute atomic E-state index is 8.88. The van der Waals surface area contributed by atoms with Gasteiger partial charge in [0.1, 0.15) is 0 Å². The molecule has 0 heterocycles. The highest BCUT2D eigenvalue weighted by Gasteiger charge is 2.00. The Morgan fingerprint density at radius 3 is 1.06 bits per heavy atom. The Balaban J connectivity index is -0.0000000358. The van der Waals surface area contributed by atoms with Crippen molar-refractivity contribution in [3.63, 3.8) is 0 Å². The quantitative estimate of drug-likeness (QED) is 0.154. The lowest BCUT2D eigenvalue weighted by Crippen LogP contribution is -1.89. The second-order valence-electron chi connectivity index (χ2n) is 1.18. The predicted molar refractivity (Wildman–Crippen MR) is 48.6 cm³/mol. The molecule has 0 aromatic carbocycles. The molecule has 5 N–H and O–H groups in total. The van der Waals surface area contributed by atoms with Crippen molar-refractivity contribution in [2.24, 2.45) is 0 Å². The normalized spacial score (nSPS) is 8.81. The van der Waals surface area contributed by atoms with Crippen LogP contribution in [0, 0.1) is 15.3 Å². The van der Waals surface area contributed by atoms with Crippen LogP contribution < -0.4 is 0 Å². The molecule has 0 spiro atoms. The van der Waals surface area contributed by atoms with Gasteiger partial charge in [-0.15, -0.1) is 12.4 Å². The summed E-state index contributed by atoms with van der Waals surface area (Å²) in [5.41, 5.74) is 0. The molecule has 0 aromatic rings. The lowest BCUT2D eigenvalue weighted by atomic mass is 13.1. The second-order valence-corrected chi connectivity index (χ2v) is 3.11. The SMILES string of the molecule is Cl.F.O=P(O)(O)O.O=S(=O)(O)O.O=[N+]([O-])[O-]. The van der Waals surface area contributed by atoms with E-state index >= 15 is 0 Å². The average Bonchev–Trinajstić information content (AvgIpc) is 1.45. The van der Waals surface area contributed by atoms with E-state index < -0.39 is 23.3 Å². The Morgan fingerprint density at radius 2 is 1.06 bits per heavy atom. The molecule has 0 atom stereocenters. The number of hydrogen-bond acceptors (Lipinski definition) is 6. The van der Waals surface area contributed by atoms with Crippen LogP contribution in [0.2, 0.25) is 0 Å². The van der Waals surface area contributed by atoms with Crippen molar-refractivity contribution in [3.8, 4) is 0 Å². The molecular formula is H7ClFNO11PS-. The fourth-order valence-corrected chi connectivity index (χ4v) is 0. The number of nitrogens with zero attached hydrogens (tertiary/aromatic N) is 1. The van der Waals surface area contributed by atoms with Crippen LogP contribution >= 0.6 is 20.2 Å². The summed E-state index contributed by atoms with van der Waals surface area (Å²) in [5, 5.41) is 14.8. The van der Waals surface area contributed by atoms with Crippen LogP contribution in [0.5, 0.6) is 0 Å². The minimum atomic E-state index is -4.67. The van der Waals surface area contributed by atoms with Crippen LogP contribution in [-0.2, 0) is 15.0 Å². The molecule has 12 nitrogen and oxygen atoms in total. The molecule has 0 saturated heterocycles. The smallest absolute Gasteiger partial charge is 0.356 e. The molecule has 0 aliphatic carbocycles. The van der Waals surface area contributed by atoms with Crippen molar-refractivity contribution in [1.82, 2.24) is 0 Å². The third-order valence-corrected chi connectivity index (χ3v) is 0. The van der Waals surface area contributed by atoms with Crippen LogP contribution in [-0.4, -0.2) is 37.3 Å². The maximum atomic E-state index is 8.88. The number of rotatable bonds is 0. The summed E-state index contributed by atoms with van der Waals surface area (Å²) in [6, 6.07) is 0. The Labute approximate surface area is 93.2 Å². The van der Waals surface area contributed by atoms with Crippen molar-refractivity contribution in [2.45, 2.75) is 0 Å². The van der Waals surface area contributed by atoms with E-state index in [2.05, 4.69) is 0 Å². The van der Waals surface area contributed by atoms with Gasteiger partial charge in [-0.25, -0.2) is 4.57 Å². The van der Waals surface area contributed by atoms with Gasteiger partial charge in [0.25, 0.3) is 0 Å². The van der Waals surface area contributed by atoms with Gasteiger partial charge in [-0.3, -0.25) is 13.8 Å². The van der Waals surface area contributed by atoms with E-state index in [0.717, 1.165) is 0 Å². The Kier molecular flexibility index (Phi) is 23.0. The van der Waals surface area contributed by atoms with Crippen molar-refractivity contribution in [3.05, 3.63) is 15.3 Å². The number of halogens is 2. The zero-order valence-electron chi connectivity index (χ0n) is 6.80. The van der Waals surface area contributed by atoms with Crippen LogP contribution in [0.4, 0.5) is 4.70 Å². The summed E-state index contributed by atoms with van der Waals surface area (Å²) in [6.07, 6.45) is 0. The molecule has 16 heteroatoms. The van der Waals surface area contributed by atoms with E-state index in [1.165, 1.54) is 0 Å². The maximum Gasteiger partial charge on any atom is 0.466 e.